The molecule has 0 bridgehead atoms. The second kappa shape index (κ2) is 11.4. The number of nitrogens with zero attached hydrogens (tertiary/aromatic N) is 1. The molecule has 0 saturated heterocycles. The molecule has 0 fully saturated rings. The molecule has 0 aliphatic rings. The summed E-state index contributed by atoms with van der Waals surface area (Å²) in [6, 6.07) is 14.7. The summed E-state index contributed by atoms with van der Waals surface area (Å²) in [7, 11) is 0. The molecule has 3 aromatic rings. The van der Waals surface area contributed by atoms with Crippen LogP contribution in [0.25, 0.3) is 0 Å². The number of rotatable bonds is 9. The Morgan fingerprint density at radius 3 is 2.53 bits per heavy atom. The highest BCUT2D eigenvalue weighted by molar-refractivity contribution is 8.00. The van der Waals surface area contributed by atoms with E-state index in [1.54, 1.807) is 30.5 Å². The van der Waals surface area contributed by atoms with Gasteiger partial charge in [-0.15, -0.1) is 23.1 Å². The maximum absolute atomic E-state index is 12.4. The molecule has 1 aromatic heterocycles. The molecule has 2 amide bonds. The summed E-state index contributed by atoms with van der Waals surface area (Å²) in [6.45, 7) is 3.97. The Bertz CT molecular complexity index is 1100. The summed E-state index contributed by atoms with van der Waals surface area (Å²) in [6.07, 6.45) is 0.0850. The van der Waals surface area contributed by atoms with Crippen molar-refractivity contribution in [1.29, 1.82) is 0 Å². The molecule has 9 heteroatoms. The third kappa shape index (κ3) is 6.93. The lowest BCUT2D eigenvalue weighted by molar-refractivity contribution is -0.142. The molecule has 0 unspecified atom stereocenters. The van der Waals surface area contributed by atoms with Gasteiger partial charge in [-0.25, -0.2) is 4.98 Å². The lowest BCUT2D eigenvalue weighted by atomic mass is 10.1. The van der Waals surface area contributed by atoms with E-state index in [9.17, 15) is 14.4 Å². The van der Waals surface area contributed by atoms with Gasteiger partial charge in [0.1, 0.15) is 0 Å². The predicted octanol–water partition coefficient (Wildman–Crippen LogP) is 4.54. The number of carbonyl (C=O) groups is 3. The first-order valence-electron chi connectivity index (χ1n) is 9.94. The van der Waals surface area contributed by atoms with Gasteiger partial charge in [0.05, 0.1) is 24.5 Å². The van der Waals surface area contributed by atoms with Crippen LogP contribution in [0.3, 0.4) is 0 Å². The molecule has 1 heterocycles. The predicted molar refractivity (Wildman–Crippen MR) is 127 cm³/mol. The van der Waals surface area contributed by atoms with Gasteiger partial charge in [-0.05, 0) is 49.7 Å². The topological polar surface area (TPSA) is 97.4 Å². The van der Waals surface area contributed by atoms with Crippen LogP contribution in [0.2, 0.25) is 0 Å². The smallest absolute Gasteiger partial charge is 0.311 e. The fourth-order valence-corrected chi connectivity index (χ4v) is 4.20. The first kappa shape index (κ1) is 23.5. The molecule has 166 valence electrons. The first-order valence-corrected chi connectivity index (χ1v) is 11.8. The fourth-order valence-electron chi connectivity index (χ4n) is 2.77. The van der Waals surface area contributed by atoms with E-state index < -0.39 is 0 Å². The summed E-state index contributed by atoms with van der Waals surface area (Å²) in [5.41, 5.74) is 2.80. The van der Waals surface area contributed by atoms with Crippen LogP contribution >= 0.6 is 23.1 Å². The number of aromatic nitrogens is 1. The van der Waals surface area contributed by atoms with Gasteiger partial charge < -0.3 is 15.4 Å². The zero-order valence-electron chi connectivity index (χ0n) is 17.7. The van der Waals surface area contributed by atoms with E-state index in [0.717, 1.165) is 10.5 Å². The minimum Gasteiger partial charge on any atom is -0.466 e. The standard InChI is InChI=1S/C23H23N3O4S2/c1-3-30-21(28)12-17-13-32-23(25-17)26-20(27)14-31-18-10-8-16(9-11-18)24-22(29)19-7-5-4-6-15(19)2/h4-11,13H,3,12,14H2,1-2H3,(H,24,29)(H,25,26,27). The molecule has 3 rings (SSSR count). The van der Waals surface area contributed by atoms with Gasteiger partial charge >= 0.3 is 5.97 Å². The first-order chi connectivity index (χ1) is 15.4. The lowest BCUT2D eigenvalue weighted by Crippen LogP contribution is -2.14. The van der Waals surface area contributed by atoms with E-state index in [2.05, 4.69) is 15.6 Å². The molecule has 2 N–H and O–H groups in total. The van der Waals surface area contributed by atoms with Crippen molar-refractivity contribution >= 4 is 51.7 Å². The molecule has 2 aromatic carbocycles. The van der Waals surface area contributed by atoms with Crippen molar-refractivity contribution in [2.24, 2.45) is 0 Å². The molecule has 0 saturated carbocycles. The number of amides is 2. The van der Waals surface area contributed by atoms with Gasteiger partial charge in [0, 0.05) is 21.5 Å². The molecule has 0 spiro atoms. The van der Waals surface area contributed by atoms with E-state index >= 15 is 0 Å². The van der Waals surface area contributed by atoms with Crippen molar-refractivity contribution < 1.29 is 19.1 Å². The third-order valence-corrected chi connectivity index (χ3v) is 6.12. The Labute approximate surface area is 194 Å². The normalized spacial score (nSPS) is 10.4. The monoisotopic (exact) mass is 469 g/mol. The number of aryl methyl sites for hydroxylation is 1. The van der Waals surface area contributed by atoms with Crippen LogP contribution in [-0.4, -0.2) is 35.1 Å². The highest BCUT2D eigenvalue weighted by Crippen LogP contribution is 2.22. The zero-order valence-corrected chi connectivity index (χ0v) is 19.3. The van der Waals surface area contributed by atoms with Crippen LogP contribution in [0.5, 0.6) is 0 Å². The van der Waals surface area contributed by atoms with Crippen LogP contribution in [0.15, 0.2) is 58.8 Å². The van der Waals surface area contributed by atoms with Crippen LogP contribution in [0.4, 0.5) is 10.8 Å². The minimum atomic E-state index is -0.343. The molecule has 0 atom stereocenters. The number of ether oxygens (including phenoxy) is 1. The Balaban J connectivity index is 1.46. The van der Waals surface area contributed by atoms with E-state index in [0.29, 0.717) is 28.7 Å². The minimum absolute atomic E-state index is 0.0850. The molecule has 32 heavy (non-hydrogen) atoms. The van der Waals surface area contributed by atoms with Crippen LogP contribution in [0, 0.1) is 6.92 Å². The maximum atomic E-state index is 12.4. The number of carbonyl (C=O) groups excluding carboxylic acids is 3. The average molecular weight is 470 g/mol. The highest BCUT2D eigenvalue weighted by Gasteiger charge is 2.11. The number of benzene rings is 2. The maximum Gasteiger partial charge on any atom is 0.311 e. The van der Waals surface area contributed by atoms with Crippen molar-refractivity contribution in [1.82, 2.24) is 4.98 Å². The largest absolute Gasteiger partial charge is 0.466 e. The van der Waals surface area contributed by atoms with Crippen LogP contribution in [-0.2, 0) is 20.7 Å². The van der Waals surface area contributed by atoms with Gasteiger partial charge in [0.2, 0.25) is 5.91 Å². The number of thiazole rings is 1. The van der Waals surface area contributed by atoms with E-state index in [4.69, 9.17) is 4.74 Å². The van der Waals surface area contributed by atoms with Gasteiger partial charge in [-0.3, -0.25) is 14.4 Å². The number of hydrogen-bond acceptors (Lipinski definition) is 7. The van der Waals surface area contributed by atoms with E-state index in [1.807, 2.05) is 37.3 Å². The number of thioether (sulfide) groups is 1. The average Bonchev–Trinajstić information content (AvgIpc) is 3.20. The zero-order chi connectivity index (χ0) is 22.9. The fraction of sp³-hybridized carbons (Fsp3) is 0.217. The quantitative estimate of drug-likeness (QED) is 0.353. The summed E-state index contributed by atoms with van der Waals surface area (Å²) >= 11 is 2.64. The van der Waals surface area contributed by atoms with Crippen LogP contribution in [0.1, 0.15) is 28.5 Å². The molecular formula is C23H23N3O4S2. The van der Waals surface area contributed by atoms with Crippen molar-refractivity contribution in [2.45, 2.75) is 25.2 Å². The van der Waals surface area contributed by atoms with E-state index in [1.165, 1.54) is 23.1 Å². The van der Waals surface area contributed by atoms with Crippen molar-refractivity contribution in [2.75, 3.05) is 23.0 Å². The van der Waals surface area contributed by atoms with Crippen LogP contribution < -0.4 is 10.6 Å². The Hall–Kier alpha value is -3.17. The molecule has 0 aliphatic heterocycles. The lowest BCUT2D eigenvalue weighted by Gasteiger charge is -2.08. The third-order valence-electron chi connectivity index (χ3n) is 4.30. The Morgan fingerprint density at radius 1 is 1.06 bits per heavy atom. The molecule has 0 radical (unpaired) electrons. The van der Waals surface area contributed by atoms with Crippen molar-refractivity contribution in [3.8, 4) is 0 Å². The van der Waals surface area contributed by atoms with Crippen molar-refractivity contribution in [3.63, 3.8) is 0 Å². The molecule has 7 nitrogen and oxygen atoms in total. The molecular weight excluding hydrogens is 446 g/mol. The number of anilines is 2. The van der Waals surface area contributed by atoms with Crippen molar-refractivity contribution in [3.05, 3.63) is 70.7 Å². The second-order valence-corrected chi connectivity index (χ2v) is 8.66. The summed E-state index contributed by atoms with van der Waals surface area (Å²) in [4.78, 5) is 41.2. The Kier molecular flexibility index (Phi) is 8.41. The second-order valence-electron chi connectivity index (χ2n) is 6.76. The SMILES string of the molecule is CCOC(=O)Cc1csc(NC(=O)CSc2ccc(NC(=O)c3ccccc3C)cc2)n1. The summed E-state index contributed by atoms with van der Waals surface area (Å²) in [5, 5.41) is 7.79. The highest BCUT2D eigenvalue weighted by atomic mass is 32.2. The number of nitrogens with one attached hydrogen (secondary N) is 2. The number of esters is 1. The number of hydrogen-bond donors (Lipinski definition) is 2. The summed E-state index contributed by atoms with van der Waals surface area (Å²) in [5.74, 6) is -0.482. The van der Waals surface area contributed by atoms with Gasteiger partial charge in [-0.2, -0.15) is 0 Å². The van der Waals surface area contributed by atoms with Gasteiger partial charge in [0.15, 0.2) is 5.13 Å². The Morgan fingerprint density at radius 2 is 1.81 bits per heavy atom. The van der Waals surface area contributed by atoms with Gasteiger partial charge in [-0.1, -0.05) is 18.2 Å². The van der Waals surface area contributed by atoms with E-state index in [-0.39, 0.29) is 30.0 Å². The van der Waals surface area contributed by atoms with Gasteiger partial charge in [0.25, 0.3) is 5.91 Å². The molecule has 0 aliphatic carbocycles. The summed E-state index contributed by atoms with van der Waals surface area (Å²) < 4.78 is 4.89.